The SMILES string of the molecule is CC(C)(C)c1cnc(-n2c3[c-]c(Oc4[c-]c5c(cc4)c4ccccc4n5-c4ccccn4)ccc3c3ccc(Oc4[c-]c5c(cc4)c4ccccc4n5-c4ccccn4)[c-]c32)nc1.[Pt+2].[Pt+2]. The van der Waals surface area contributed by atoms with Crippen LogP contribution in [0.2, 0.25) is 0 Å². The van der Waals surface area contributed by atoms with Crippen LogP contribution in [0.3, 0.4) is 0 Å². The van der Waals surface area contributed by atoms with Gasteiger partial charge in [0.1, 0.15) is 11.6 Å². The van der Waals surface area contributed by atoms with Crippen LogP contribution in [0, 0.1) is 24.3 Å². The number of ether oxygens (including phenoxy) is 2. The van der Waals surface area contributed by atoms with Crippen molar-refractivity contribution in [1.29, 1.82) is 0 Å². The number of hydrogen-bond acceptors (Lipinski definition) is 6. The minimum absolute atomic E-state index is 0. The standard InChI is InChI=1S/C54H35N7O2.2Pt/c1-54(2,3)34-32-57-53(58-33-34)61-49-30-37(62-35-18-22-41-39-12-4-6-14-45(39)59(47(41)28-35)51-16-8-10-26-55-51)20-24-43(49)44-25-21-38(31-50(44)61)63-36-19-23-42-40-13-5-7-15-46(40)60(48(42)29-36)52-17-9-11-27-56-52;;/h4-27,32-33H,1-3H3;;/q-4;2*+2. The summed E-state index contributed by atoms with van der Waals surface area (Å²) in [5, 5.41) is 6.21. The van der Waals surface area contributed by atoms with Gasteiger partial charge in [0.25, 0.3) is 0 Å². The second kappa shape index (κ2) is 16.6. The van der Waals surface area contributed by atoms with E-state index in [0.29, 0.717) is 28.9 Å². The Balaban J connectivity index is 0.00000249. The van der Waals surface area contributed by atoms with Crippen LogP contribution >= 0.6 is 0 Å². The van der Waals surface area contributed by atoms with Crippen molar-refractivity contribution in [3.63, 3.8) is 0 Å². The van der Waals surface area contributed by atoms with Crippen molar-refractivity contribution in [3.05, 3.63) is 188 Å². The summed E-state index contributed by atoms with van der Waals surface area (Å²) in [5.74, 6) is 4.20. The topological polar surface area (TPSA) is 84.8 Å². The fraction of sp³-hybridized carbons (Fsp3) is 0.0741. The van der Waals surface area contributed by atoms with Crippen molar-refractivity contribution in [2.24, 2.45) is 0 Å². The summed E-state index contributed by atoms with van der Waals surface area (Å²) in [7, 11) is 0. The van der Waals surface area contributed by atoms with Gasteiger partial charge in [-0.15, -0.1) is 59.3 Å². The maximum Gasteiger partial charge on any atom is 2.00 e. The van der Waals surface area contributed by atoms with Gasteiger partial charge < -0.3 is 23.2 Å². The molecule has 12 aromatic rings. The summed E-state index contributed by atoms with van der Waals surface area (Å²) < 4.78 is 19.4. The number of pyridine rings is 2. The van der Waals surface area contributed by atoms with E-state index in [1.165, 1.54) is 0 Å². The largest absolute Gasteiger partial charge is 2.00 e. The van der Waals surface area contributed by atoms with Crippen molar-refractivity contribution in [2.45, 2.75) is 26.2 Å². The minimum Gasteiger partial charge on any atom is -0.509 e. The third-order valence-electron chi connectivity index (χ3n) is 11.5. The summed E-state index contributed by atoms with van der Waals surface area (Å²) in [6.07, 6.45) is 7.37. The molecule has 0 aliphatic carbocycles. The van der Waals surface area contributed by atoms with Gasteiger partial charge in [-0.3, -0.25) is 0 Å². The molecular formula is C54H35N7O2Pt2. The predicted molar refractivity (Wildman–Crippen MR) is 248 cm³/mol. The van der Waals surface area contributed by atoms with E-state index in [4.69, 9.17) is 19.4 Å². The van der Waals surface area contributed by atoms with E-state index < -0.39 is 0 Å². The maximum atomic E-state index is 6.59. The molecule has 0 amide bonds. The Morgan fingerprint density at radius 3 is 1.15 bits per heavy atom. The molecule has 0 atom stereocenters. The number of para-hydroxylation sites is 2. The molecule has 0 N–H and O–H groups in total. The van der Waals surface area contributed by atoms with Crippen molar-refractivity contribution < 1.29 is 51.6 Å². The summed E-state index contributed by atoms with van der Waals surface area (Å²) in [6, 6.07) is 58.6. The molecule has 9 nitrogen and oxygen atoms in total. The van der Waals surface area contributed by atoms with Crippen molar-refractivity contribution in [3.8, 4) is 40.6 Å². The Morgan fingerprint density at radius 2 is 0.769 bits per heavy atom. The second-order valence-corrected chi connectivity index (χ2v) is 16.5. The third-order valence-corrected chi connectivity index (χ3v) is 11.5. The number of benzene rings is 6. The van der Waals surface area contributed by atoms with E-state index in [-0.39, 0.29) is 47.5 Å². The first-order valence-electron chi connectivity index (χ1n) is 20.7. The Bertz CT molecular complexity index is 3510. The molecule has 6 heterocycles. The van der Waals surface area contributed by atoms with Gasteiger partial charge in [0.15, 0.2) is 0 Å². The minimum atomic E-state index is -0.126. The molecule has 0 saturated carbocycles. The van der Waals surface area contributed by atoms with Crippen LogP contribution in [0.25, 0.3) is 83.0 Å². The van der Waals surface area contributed by atoms with Gasteiger partial charge in [0.05, 0.1) is 0 Å². The molecule has 318 valence electrons. The molecule has 0 aliphatic heterocycles. The Kier molecular flexibility index (Phi) is 10.7. The summed E-state index contributed by atoms with van der Waals surface area (Å²) in [4.78, 5) is 19.2. The Labute approximate surface area is 402 Å². The first-order valence-corrected chi connectivity index (χ1v) is 20.7. The van der Waals surface area contributed by atoms with E-state index in [1.807, 2.05) is 114 Å². The third kappa shape index (κ3) is 7.20. The number of rotatable bonds is 7. The molecule has 0 bridgehead atoms. The number of nitrogens with zero attached hydrogens (tertiary/aromatic N) is 7. The molecule has 11 heteroatoms. The van der Waals surface area contributed by atoms with Gasteiger partial charge in [-0.05, 0) is 58.1 Å². The summed E-state index contributed by atoms with van der Waals surface area (Å²) >= 11 is 0. The van der Waals surface area contributed by atoms with Gasteiger partial charge in [-0.1, -0.05) is 91.4 Å². The molecule has 6 aromatic heterocycles. The summed E-state index contributed by atoms with van der Waals surface area (Å²) in [6.45, 7) is 6.44. The smallest absolute Gasteiger partial charge is 0.509 e. The molecule has 12 rings (SSSR count). The quantitative estimate of drug-likeness (QED) is 0.148. The van der Waals surface area contributed by atoms with Crippen LogP contribution in [0.15, 0.2) is 158 Å². The van der Waals surface area contributed by atoms with Crippen LogP contribution in [0.5, 0.6) is 23.0 Å². The molecule has 0 spiro atoms. The van der Waals surface area contributed by atoms with Crippen molar-refractivity contribution in [2.75, 3.05) is 0 Å². The van der Waals surface area contributed by atoms with Gasteiger partial charge in [0.2, 0.25) is 5.95 Å². The molecule has 65 heavy (non-hydrogen) atoms. The fourth-order valence-electron chi connectivity index (χ4n) is 8.52. The van der Waals surface area contributed by atoms with Crippen LogP contribution in [0.1, 0.15) is 26.3 Å². The second-order valence-electron chi connectivity index (χ2n) is 16.5. The van der Waals surface area contributed by atoms with E-state index in [9.17, 15) is 0 Å². The summed E-state index contributed by atoms with van der Waals surface area (Å²) in [5.41, 5.74) is 6.18. The van der Waals surface area contributed by atoms with E-state index in [1.54, 1.807) is 12.4 Å². The van der Waals surface area contributed by atoms with Gasteiger partial charge in [-0.2, -0.15) is 35.0 Å². The number of aromatic nitrogens is 7. The van der Waals surface area contributed by atoms with Crippen molar-refractivity contribution in [1.82, 2.24) is 33.6 Å². The molecule has 0 saturated heterocycles. The molecule has 0 unspecified atom stereocenters. The molecule has 0 aliphatic rings. The maximum absolute atomic E-state index is 6.59. The molecule has 0 fully saturated rings. The molecular weight excluding hydrogens is 1170 g/mol. The van der Waals surface area contributed by atoms with Gasteiger partial charge in [-0.25, -0.2) is 19.9 Å². The molecule has 0 radical (unpaired) electrons. The van der Waals surface area contributed by atoms with E-state index in [2.05, 4.69) is 101 Å². The predicted octanol–water partition coefficient (Wildman–Crippen LogP) is 12.6. The monoisotopic (exact) mass is 1200 g/mol. The first-order chi connectivity index (χ1) is 30.9. The zero-order valence-electron chi connectivity index (χ0n) is 35.1. The van der Waals surface area contributed by atoms with Crippen LogP contribution < -0.4 is 9.47 Å². The van der Waals surface area contributed by atoms with Gasteiger partial charge >= 0.3 is 42.1 Å². The van der Waals surface area contributed by atoms with Crippen LogP contribution in [-0.2, 0) is 47.5 Å². The number of hydrogen-bond donors (Lipinski definition) is 0. The van der Waals surface area contributed by atoms with E-state index >= 15 is 0 Å². The zero-order chi connectivity index (χ0) is 42.2. The first kappa shape index (κ1) is 42.1. The van der Waals surface area contributed by atoms with Gasteiger partial charge in [0, 0.05) is 58.8 Å². The fourth-order valence-corrected chi connectivity index (χ4v) is 8.52. The average molecular weight is 1200 g/mol. The van der Waals surface area contributed by atoms with Crippen LogP contribution in [0.4, 0.5) is 0 Å². The Morgan fingerprint density at radius 1 is 0.400 bits per heavy atom. The number of fused-ring (bicyclic) bond motifs is 9. The normalized spacial score (nSPS) is 11.7. The van der Waals surface area contributed by atoms with Crippen LogP contribution in [-0.4, -0.2) is 33.6 Å². The zero-order valence-corrected chi connectivity index (χ0v) is 39.6. The average Bonchev–Trinajstić information content (AvgIpc) is 3.94. The Hall–Kier alpha value is -6.92. The van der Waals surface area contributed by atoms with Crippen molar-refractivity contribution >= 4 is 65.4 Å². The molecule has 6 aromatic carbocycles. The van der Waals surface area contributed by atoms with E-state index in [0.717, 1.165) is 82.6 Å².